The van der Waals surface area contributed by atoms with Gasteiger partial charge in [0, 0.05) is 0 Å². The van der Waals surface area contributed by atoms with Crippen LogP contribution in [-0.4, -0.2) is 10.2 Å². The molecular formula is C10H7O4. The van der Waals surface area contributed by atoms with Crippen LogP contribution in [0, 0.1) is 6.26 Å². The van der Waals surface area contributed by atoms with Crippen LogP contribution in [0.5, 0.6) is 11.5 Å². The zero-order valence-electron chi connectivity index (χ0n) is 7.10. The first-order valence-corrected chi connectivity index (χ1v) is 3.90. The number of hydrogen-bond donors (Lipinski definition) is 2. The predicted octanol–water partition coefficient (Wildman–Crippen LogP) is 1.72. The van der Waals surface area contributed by atoms with Crippen LogP contribution in [0.2, 0.25) is 0 Å². The average molecular weight is 191 g/mol. The van der Waals surface area contributed by atoms with Gasteiger partial charge in [-0.25, -0.2) is 0 Å². The SMILES string of the molecule is Oc1cccc(C2=COC=[C]O2)c1O. The Hall–Kier alpha value is -2.10. The van der Waals surface area contributed by atoms with Crippen LogP contribution in [0.1, 0.15) is 5.56 Å². The summed E-state index contributed by atoms with van der Waals surface area (Å²) in [4.78, 5) is 0. The lowest BCUT2D eigenvalue weighted by molar-refractivity contribution is 0.293. The van der Waals surface area contributed by atoms with Gasteiger partial charge in [-0.05, 0) is 12.1 Å². The van der Waals surface area contributed by atoms with E-state index in [4.69, 9.17) is 9.47 Å². The Balaban J connectivity index is 2.41. The molecule has 0 saturated carbocycles. The van der Waals surface area contributed by atoms with Gasteiger partial charge in [0.2, 0.25) is 6.26 Å². The highest BCUT2D eigenvalue weighted by atomic mass is 16.5. The van der Waals surface area contributed by atoms with Gasteiger partial charge >= 0.3 is 0 Å². The number of para-hydroxylation sites is 1. The summed E-state index contributed by atoms with van der Waals surface area (Å²) in [6.45, 7) is 0. The maximum absolute atomic E-state index is 9.49. The van der Waals surface area contributed by atoms with E-state index in [-0.39, 0.29) is 11.5 Å². The number of ether oxygens (including phenoxy) is 2. The Morgan fingerprint density at radius 3 is 2.79 bits per heavy atom. The molecule has 4 nitrogen and oxygen atoms in total. The third-order valence-corrected chi connectivity index (χ3v) is 1.74. The van der Waals surface area contributed by atoms with E-state index in [1.165, 1.54) is 18.6 Å². The van der Waals surface area contributed by atoms with Crippen LogP contribution >= 0.6 is 0 Å². The smallest absolute Gasteiger partial charge is 0.208 e. The van der Waals surface area contributed by atoms with E-state index in [2.05, 4.69) is 6.26 Å². The summed E-state index contributed by atoms with van der Waals surface area (Å²) < 4.78 is 9.77. The molecule has 0 atom stereocenters. The van der Waals surface area contributed by atoms with Gasteiger partial charge in [-0.3, -0.25) is 0 Å². The van der Waals surface area contributed by atoms with Gasteiger partial charge in [0.1, 0.15) is 12.5 Å². The van der Waals surface area contributed by atoms with Gasteiger partial charge in [-0.15, -0.1) is 0 Å². The molecule has 0 bridgehead atoms. The third-order valence-electron chi connectivity index (χ3n) is 1.74. The van der Waals surface area contributed by atoms with Crippen LogP contribution in [0.4, 0.5) is 0 Å². The van der Waals surface area contributed by atoms with Crippen molar-refractivity contribution >= 4 is 5.76 Å². The number of benzene rings is 1. The Labute approximate surface area is 80.3 Å². The highest BCUT2D eigenvalue weighted by Crippen LogP contribution is 2.34. The summed E-state index contributed by atoms with van der Waals surface area (Å²) in [6.07, 6.45) is 4.92. The molecule has 1 heterocycles. The molecule has 14 heavy (non-hydrogen) atoms. The van der Waals surface area contributed by atoms with Crippen LogP contribution in [0.15, 0.2) is 30.7 Å². The summed E-state index contributed by atoms with van der Waals surface area (Å²) in [7, 11) is 0. The van der Waals surface area contributed by atoms with Gasteiger partial charge in [0.05, 0.1) is 5.56 Å². The van der Waals surface area contributed by atoms with E-state index >= 15 is 0 Å². The molecule has 1 aliphatic heterocycles. The molecule has 1 aromatic carbocycles. The normalized spacial score (nSPS) is 14.1. The Kier molecular flexibility index (Phi) is 2.02. The molecule has 0 spiro atoms. The van der Waals surface area contributed by atoms with Crippen molar-refractivity contribution in [2.24, 2.45) is 0 Å². The molecule has 2 N–H and O–H groups in total. The van der Waals surface area contributed by atoms with Crippen LogP contribution in [-0.2, 0) is 9.47 Å². The number of aromatic hydroxyl groups is 2. The highest BCUT2D eigenvalue weighted by Gasteiger charge is 2.13. The zero-order chi connectivity index (χ0) is 9.97. The maximum atomic E-state index is 9.49. The molecule has 0 amide bonds. The molecule has 0 aliphatic carbocycles. The second-order valence-electron chi connectivity index (χ2n) is 2.63. The summed E-state index contributed by atoms with van der Waals surface area (Å²) in [5, 5.41) is 18.7. The van der Waals surface area contributed by atoms with Gasteiger partial charge in [0.25, 0.3) is 0 Å². The van der Waals surface area contributed by atoms with Crippen molar-refractivity contribution in [1.29, 1.82) is 0 Å². The van der Waals surface area contributed by atoms with Gasteiger partial charge in [-0.1, -0.05) is 6.07 Å². The Morgan fingerprint density at radius 2 is 2.07 bits per heavy atom. The number of rotatable bonds is 1. The minimum Gasteiger partial charge on any atom is -0.504 e. The lowest BCUT2D eigenvalue weighted by atomic mass is 10.1. The molecule has 1 aromatic rings. The van der Waals surface area contributed by atoms with Crippen molar-refractivity contribution in [3.63, 3.8) is 0 Å². The number of hydrogen-bond acceptors (Lipinski definition) is 4. The van der Waals surface area contributed by atoms with Gasteiger partial charge in [-0.2, -0.15) is 0 Å². The summed E-state index contributed by atoms with van der Waals surface area (Å²) in [6, 6.07) is 4.56. The van der Waals surface area contributed by atoms with E-state index in [1.54, 1.807) is 12.1 Å². The lowest BCUT2D eigenvalue weighted by Gasteiger charge is -2.10. The zero-order valence-corrected chi connectivity index (χ0v) is 7.10. The van der Waals surface area contributed by atoms with Gasteiger partial charge < -0.3 is 19.7 Å². The Morgan fingerprint density at radius 1 is 1.21 bits per heavy atom. The van der Waals surface area contributed by atoms with Crippen molar-refractivity contribution in [3.05, 3.63) is 42.5 Å². The van der Waals surface area contributed by atoms with Crippen LogP contribution < -0.4 is 0 Å². The molecule has 0 saturated heterocycles. The van der Waals surface area contributed by atoms with Gasteiger partial charge in [0.15, 0.2) is 17.3 Å². The molecule has 4 heteroatoms. The van der Waals surface area contributed by atoms with E-state index in [1.807, 2.05) is 0 Å². The second kappa shape index (κ2) is 3.33. The summed E-state index contributed by atoms with van der Waals surface area (Å²) >= 11 is 0. The van der Waals surface area contributed by atoms with Crippen molar-refractivity contribution in [2.75, 3.05) is 0 Å². The molecule has 1 aliphatic rings. The standard InChI is InChI=1S/C10H7O4/c11-8-3-1-2-7(10(8)12)9-6-13-4-5-14-9/h1-4,6,11-12H. The first-order valence-electron chi connectivity index (χ1n) is 3.90. The molecular weight excluding hydrogens is 184 g/mol. The fourth-order valence-electron chi connectivity index (χ4n) is 1.08. The summed E-state index contributed by atoms with van der Waals surface area (Å²) in [5.74, 6) is -0.159. The first kappa shape index (κ1) is 8.50. The highest BCUT2D eigenvalue weighted by molar-refractivity contribution is 5.68. The molecule has 0 aromatic heterocycles. The molecule has 2 rings (SSSR count). The quantitative estimate of drug-likeness (QED) is 0.663. The maximum Gasteiger partial charge on any atom is 0.208 e. The largest absolute Gasteiger partial charge is 0.504 e. The van der Waals surface area contributed by atoms with Crippen molar-refractivity contribution < 1.29 is 19.7 Å². The molecule has 0 fully saturated rings. The molecule has 71 valence electrons. The molecule has 0 unspecified atom stereocenters. The summed E-state index contributed by atoms with van der Waals surface area (Å²) in [5.41, 5.74) is 0.352. The van der Waals surface area contributed by atoms with Crippen molar-refractivity contribution in [2.45, 2.75) is 0 Å². The van der Waals surface area contributed by atoms with Crippen LogP contribution in [0.3, 0.4) is 0 Å². The predicted molar refractivity (Wildman–Crippen MR) is 47.7 cm³/mol. The van der Waals surface area contributed by atoms with E-state index in [9.17, 15) is 10.2 Å². The minimum atomic E-state index is -0.244. The van der Waals surface area contributed by atoms with Crippen LogP contribution in [0.25, 0.3) is 5.76 Å². The number of phenolic OH excluding ortho intramolecular Hbond substituents is 2. The Bertz CT molecular complexity index is 407. The topological polar surface area (TPSA) is 58.9 Å². The van der Waals surface area contributed by atoms with E-state index < -0.39 is 0 Å². The molecule has 1 radical (unpaired) electrons. The third kappa shape index (κ3) is 1.37. The minimum absolute atomic E-state index is 0.207. The fourth-order valence-corrected chi connectivity index (χ4v) is 1.08. The van der Waals surface area contributed by atoms with Crippen molar-refractivity contribution in [1.82, 2.24) is 0 Å². The lowest BCUT2D eigenvalue weighted by Crippen LogP contribution is -1.92. The van der Waals surface area contributed by atoms with E-state index in [0.717, 1.165) is 0 Å². The average Bonchev–Trinajstić information content (AvgIpc) is 2.23. The monoisotopic (exact) mass is 191 g/mol. The van der Waals surface area contributed by atoms with E-state index in [0.29, 0.717) is 11.3 Å². The van der Waals surface area contributed by atoms with Crippen molar-refractivity contribution in [3.8, 4) is 11.5 Å². The fraction of sp³-hybridized carbons (Fsp3) is 0. The second-order valence-corrected chi connectivity index (χ2v) is 2.63. The number of phenols is 2. The first-order chi connectivity index (χ1) is 6.79.